The van der Waals surface area contributed by atoms with E-state index in [1.54, 1.807) is 0 Å². The maximum atomic E-state index is 5.75. The Labute approximate surface area is 81.0 Å². The van der Waals surface area contributed by atoms with E-state index in [1.165, 1.54) is 38.6 Å². The average molecular weight is 183 g/mol. The molecule has 1 N–H and O–H groups in total. The molecule has 1 unspecified atom stereocenters. The molecular formula is C11H21NO. The smallest absolute Gasteiger partial charge is 0.0644 e. The lowest BCUT2D eigenvalue weighted by Crippen LogP contribution is -2.56. The third-order valence-electron chi connectivity index (χ3n) is 3.42. The monoisotopic (exact) mass is 183 g/mol. The first-order chi connectivity index (χ1) is 6.12. The van der Waals surface area contributed by atoms with Crippen LogP contribution in [0, 0.1) is 0 Å². The third kappa shape index (κ3) is 2.05. The van der Waals surface area contributed by atoms with Crippen LogP contribution in [-0.4, -0.2) is 24.3 Å². The summed E-state index contributed by atoms with van der Waals surface area (Å²) in [7, 11) is 0. The van der Waals surface area contributed by atoms with Crippen LogP contribution in [0.2, 0.25) is 0 Å². The van der Waals surface area contributed by atoms with Crippen LogP contribution >= 0.6 is 0 Å². The zero-order valence-electron chi connectivity index (χ0n) is 8.86. The molecule has 0 aromatic rings. The summed E-state index contributed by atoms with van der Waals surface area (Å²) in [5, 5.41) is 3.71. The van der Waals surface area contributed by atoms with Crippen molar-refractivity contribution in [3.63, 3.8) is 0 Å². The van der Waals surface area contributed by atoms with Gasteiger partial charge < -0.3 is 10.1 Å². The molecule has 76 valence electrons. The normalized spacial score (nSPS) is 39.2. The molecule has 0 amide bonds. The molecule has 1 spiro atoms. The van der Waals surface area contributed by atoms with Crippen molar-refractivity contribution in [2.45, 2.75) is 57.1 Å². The molecule has 2 aliphatic rings. The number of rotatable bonds is 0. The molecule has 2 rings (SSSR count). The fraction of sp³-hybridized carbons (Fsp3) is 1.00. The van der Waals surface area contributed by atoms with E-state index in [4.69, 9.17) is 4.74 Å². The summed E-state index contributed by atoms with van der Waals surface area (Å²) in [6.45, 7) is 6.56. The van der Waals surface area contributed by atoms with Crippen LogP contribution in [0.15, 0.2) is 0 Å². The highest BCUT2D eigenvalue weighted by atomic mass is 16.5. The molecule has 2 aliphatic heterocycles. The van der Waals surface area contributed by atoms with Crippen LogP contribution in [-0.2, 0) is 4.74 Å². The molecule has 0 aromatic carbocycles. The second kappa shape index (κ2) is 3.25. The maximum absolute atomic E-state index is 5.75. The Hall–Kier alpha value is -0.0800. The first-order valence-corrected chi connectivity index (χ1v) is 5.51. The van der Waals surface area contributed by atoms with Gasteiger partial charge in [0, 0.05) is 12.1 Å². The lowest BCUT2D eigenvalue weighted by Gasteiger charge is -2.47. The topological polar surface area (TPSA) is 21.3 Å². The molecule has 0 radical (unpaired) electrons. The molecule has 2 nitrogen and oxygen atoms in total. The van der Waals surface area contributed by atoms with Gasteiger partial charge in [-0.15, -0.1) is 0 Å². The van der Waals surface area contributed by atoms with Gasteiger partial charge in [0.1, 0.15) is 0 Å². The highest BCUT2D eigenvalue weighted by Gasteiger charge is 2.40. The van der Waals surface area contributed by atoms with E-state index >= 15 is 0 Å². The maximum Gasteiger partial charge on any atom is 0.0644 e. The standard InChI is InChI=1S/C11H21NO/c1-10(2)9-11(6-8-13-10)5-3-4-7-12-11/h12H,3-9H2,1-2H3. The zero-order chi connectivity index (χ0) is 9.36. The number of hydrogen-bond acceptors (Lipinski definition) is 2. The van der Waals surface area contributed by atoms with Gasteiger partial charge in [0.15, 0.2) is 0 Å². The van der Waals surface area contributed by atoms with Crippen molar-refractivity contribution in [3.05, 3.63) is 0 Å². The van der Waals surface area contributed by atoms with Crippen molar-refractivity contribution in [1.82, 2.24) is 5.32 Å². The largest absolute Gasteiger partial charge is 0.375 e. The van der Waals surface area contributed by atoms with E-state index in [-0.39, 0.29) is 5.60 Å². The second-order valence-electron chi connectivity index (χ2n) is 5.20. The van der Waals surface area contributed by atoms with Crippen LogP contribution in [0.25, 0.3) is 0 Å². The quantitative estimate of drug-likeness (QED) is 0.621. The summed E-state index contributed by atoms with van der Waals surface area (Å²) in [5.41, 5.74) is 0.503. The molecule has 0 aromatic heterocycles. The number of nitrogens with one attached hydrogen (secondary N) is 1. The third-order valence-corrected chi connectivity index (χ3v) is 3.42. The number of hydrogen-bond donors (Lipinski definition) is 1. The average Bonchev–Trinajstić information content (AvgIpc) is 2.03. The van der Waals surface area contributed by atoms with Crippen molar-refractivity contribution in [2.75, 3.05) is 13.2 Å². The highest BCUT2D eigenvalue weighted by molar-refractivity contribution is 4.98. The minimum absolute atomic E-state index is 0.0859. The summed E-state index contributed by atoms with van der Waals surface area (Å²) in [6.07, 6.45) is 6.47. The van der Waals surface area contributed by atoms with E-state index in [9.17, 15) is 0 Å². The zero-order valence-corrected chi connectivity index (χ0v) is 8.86. The van der Waals surface area contributed by atoms with Gasteiger partial charge in [0.05, 0.1) is 5.60 Å². The molecular weight excluding hydrogens is 162 g/mol. The van der Waals surface area contributed by atoms with Gasteiger partial charge in [0.25, 0.3) is 0 Å². The van der Waals surface area contributed by atoms with Crippen molar-refractivity contribution < 1.29 is 4.74 Å². The Morgan fingerprint density at radius 2 is 2.00 bits per heavy atom. The molecule has 0 saturated carbocycles. The Morgan fingerprint density at radius 1 is 1.15 bits per heavy atom. The summed E-state index contributed by atoms with van der Waals surface area (Å²) >= 11 is 0. The van der Waals surface area contributed by atoms with E-state index in [0.29, 0.717) is 5.54 Å². The molecule has 0 bridgehead atoms. The highest BCUT2D eigenvalue weighted by Crippen LogP contribution is 2.36. The van der Waals surface area contributed by atoms with Crippen LogP contribution in [0.4, 0.5) is 0 Å². The summed E-state index contributed by atoms with van der Waals surface area (Å²) in [6, 6.07) is 0. The minimum atomic E-state index is 0.0859. The Bertz CT molecular complexity index is 177. The molecule has 0 aliphatic carbocycles. The summed E-state index contributed by atoms with van der Waals surface area (Å²) in [4.78, 5) is 0. The molecule has 2 heteroatoms. The van der Waals surface area contributed by atoms with Gasteiger partial charge in [-0.25, -0.2) is 0 Å². The van der Waals surface area contributed by atoms with Gasteiger partial charge in [0.2, 0.25) is 0 Å². The molecule has 2 saturated heterocycles. The Balaban J connectivity index is 2.04. The predicted octanol–water partition coefficient (Wildman–Crippen LogP) is 2.09. The fourth-order valence-corrected chi connectivity index (χ4v) is 2.87. The van der Waals surface area contributed by atoms with Gasteiger partial charge in [-0.2, -0.15) is 0 Å². The van der Waals surface area contributed by atoms with E-state index in [0.717, 1.165) is 6.61 Å². The first kappa shape index (κ1) is 9.47. The van der Waals surface area contributed by atoms with E-state index in [1.807, 2.05) is 0 Å². The number of ether oxygens (including phenoxy) is 1. The second-order valence-corrected chi connectivity index (χ2v) is 5.20. The first-order valence-electron chi connectivity index (χ1n) is 5.51. The van der Waals surface area contributed by atoms with Crippen LogP contribution in [0.3, 0.4) is 0 Å². The van der Waals surface area contributed by atoms with Crippen LogP contribution in [0.1, 0.15) is 46.0 Å². The minimum Gasteiger partial charge on any atom is -0.375 e. The SMILES string of the molecule is CC1(C)CC2(CCCCN2)CCO1. The van der Waals surface area contributed by atoms with Crippen molar-refractivity contribution in [2.24, 2.45) is 0 Å². The summed E-state index contributed by atoms with van der Waals surface area (Å²) in [5.74, 6) is 0. The summed E-state index contributed by atoms with van der Waals surface area (Å²) < 4.78 is 5.75. The number of piperidine rings is 1. The van der Waals surface area contributed by atoms with Gasteiger partial charge in [-0.1, -0.05) is 6.42 Å². The van der Waals surface area contributed by atoms with E-state index < -0.39 is 0 Å². The molecule has 13 heavy (non-hydrogen) atoms. The predicted molar refractivity (Wildman–Crippen MR) is 53.8 cm³/mol. The van der Waals surface area contributed by atoms with Gasteiger partial charge in [-0.05, 0) is 46.1 Å². The van der Waals surface area contributed by atoms with Crippen LogP contribution < -0.4 is 5.32 Å². The van der Waals surface area contributed by atoms with Gasteiger partial charge in [-0.3, -0.25) is 0 Å². The lowest BCUT2D eigenvalue weighted by atomic mass is 9.76. The van der Waals surface area contributed by atoms with Crippen LogP contribution in [0.5, 0.6) is 0 Å². The Kier molecular flexibility index (Phi) is 2.37. The van der Waals surface area contributed by atoms with E-state index in [2.05, 4.69) is 19.2 Å². The fourth-order valence-electron chi connectivity index (χ4n) is 2.87. The molecule has 1 atom stereocenters. The lowest BCUT2D eigenvalue weighted by molar-refractivity contribution is -0.0927. The Morgan fingerprint density at radius 3 is 2.62 bits per heavy atom. The van der Waals surface area contributed by atoms with Gasteiger partial charge >= 0.3 is 0 Å². The van der Waals surface area contributed by atoms with Crippen molar-refractivity contribution >= 4 is 0 Å². The van der Waals surface area contributed by atoms with Crippen molar-refractivity contribution in [3.8, 4) is 0 Å². The van der Waals surface area contributed by atoms with Crippen molar-refractivity contribution in [1.29, 1.82) is 0 Å². The molecule has 2 fully saturated rings. The molecule has 2 heterocycles.